The van der Waals surface area contributed by atoms with E-state index in [1.165, 1.54) is 10.6 Å². The molecule has 0 fully saturated rings. The molecule has 0 saturated carbocycles. The Morgan fingerprint density at radius 1 is 1.50 bits per heavy atom. The molecule has 1 rings (SSSR count). The van der Waals surface area contributed by atoms with Gasteiger partial charge in [0.1, 0.15) is 0 Å². The van der Waals surface area contributed by atoms with Crippen LogP contribution in [0, 0.1) is 0 Å². The molecule has 68 valence electrons. The zero-order valence-electron chi connectivity index (χ0n) is 8.29. The molecule has 1 nitrogen and oxygen atoms in total. The normalized spacial score (nSPS) is 11.1. The van der Waals surface area contributed by atoms with E-state index in [4.69, 9.17) is 0 Å². The van der Waals surface area contributed by atoms with E-state index < -0.39 is 0 Å². The molecule has 2 heteroatoms. The van der Waals surface area contributed by atoms with E-state index in [-0.39, 0.29) is 0 Å². The second-order valence-corrected chi connectivity index (χ2v) is 4.06. The summed E-state index contributed by atoms with van der Waals surface area (Å²) in [6.45, 7) is 7.77. The summed E-state index contributed by atoms with van der Waals surface area (Å²) in [4.78, 5) is 1.42. The topological polar surface area (TPSA) is 4.93 Å². The molecule has 0 amide bonds. The predicted molar refractivity (Wildman–Crippen MR) is 56.0 cm³/mol. The third-order valence-corrected chi connectivity index (χ3v) is 2.86. The Bertz CT molecular complexity index is 229. The number of hydrogen-bond donors (Lipinski definition) is 0. The van der Waals surface area contributed by atoms with Crippen molar-refractivity contribution in [3.05, 3.63) is 18.0 Å². The fourth-order valence-corrected chi connectivity index (χ4v) is 2.29. The number of thioether (sulfide) groups is 1. The van der Waals surface area contributed by atoms with Crippen molar-refractivity contribution in [2.24, 2.45) is 0 Å². The lowest BCUT2D eigenvalue weighted by molar-refractivity contribution is 0.661. The summed E-state index contributed by atoms with van der Waals surface area (Å²) in [6.07, 6.45) is 4.32. The quantitative estimate of drug-likeness (QED) is 0.651. The summed E-state index contributed by atoms with van der Waals surface area (Å²) >= 11 is 1.84. The largest absolute Gasteiger partial charge is 0.350 e. The maximum atomic E-state index is 2.33. The van der Waals surface area contributed by atoms with Gasteiger partial charge < -0.3 is 4.57 Å². The standard InChI is InChI=1S/C10H17NS/c1-5-11-7-6-9(12-4)10(11)8(2)3/h6-8H,5H2,1-4H3. The third-order valence-electron chi connectivity index (χ3n) is 2.08. The molecule has 0 bridgehead atoms. The molecular formula is C10H17NS. The Balaban J connectivity index is 3.07. The first-order valence-corrected chi connectivity index (χ1v) is 5.66. The summed E-state index contributed by atoms with van der Waals surface area (Å²) < 4.78 is 2.33. The van der Waals surface area contributed by atoms with Gasteiger partial charge in [-0.15, -0.1) is 11.8 Å². The Kier molecular flexibility index (Phi) is 3.27. The van der Waals surface area contributed by atoms with Crippen LogP contribution in [0.1, 0.15) is 32.4 Å². The molecule has 0 spiro atoms. The Morgan fingerprint density at radius 2 is 2.17 bits per heavy atom. The van der Waals surface area contributed by atoms with Crippen molar-refractivity contribution in [3.63, 3.8) is 0 Å². The van der Waals surface area contributed by atoms with Crippen LogP contribution in [0.5, 0.6) is 0 Å². The van der Waals surface area contributed by atoms with Gasteiger partial charge in [-0.25, -0.2) is 0 Å². The first-order chi connectivity index (χ1) is 5.70. The van der Waals surface area contributed by atoms with Gasteiger partial charge in [0.2, 0.25) is 0 Å². The number of rotatable bonds is 3. The molecule has 0 unspecified atom stereocenters. The van der Waals surface area contributed by atoms with Gasteiger partial charge in [0, 0.05) is 23.3 Å². The zero-order valence-corrected chi connectivity index (χ0v) is 9.11. The van der Waals surface area contributed by atoms with Gasteiger partial charge >= 0.3 is 0 Å². The Labute approximate surface area is 79.2 Å². The second kappa shape index (κ2) is 4.04. The summed E-state index contributed by atoms with van der Waals surface area (Å²) in [5, 5.41) is 0. The number of nitrogens with zero attached hydrogens (tertiary/aromatic N) is 1. The van der Waals surface area contributed by atoms with Crippen LogP contribution in [-0.4, -0.2) is 10.8 Å². The lowest BCUT2D eigenvalue weighted by Crippen LogP contribution is -2.01. The van der Waals surface area contributed by atoms with Gasteiger partial charge in [0.05, 0.1) is 0 Å². The molecule has 12 heavy (non-hydrogen) atoms. The van der Waals surface area contributed by atoms with Gasteiger partial charge in [-0.3, -0.25) is 0 Å². The number of aryl methyl sites for hydroxylation is 1. The van der Waals surface area contributed by atoms with Crippen molar-refractivity contribution >= 4 is 11.8 Å². The summed E-state index contributed by atoms with van der Waals surface area (Å²) in [7, 11) is 0. The number of aromatic nitrogens is 1. The van der Waals surface area contributed by atoms with Crippen LogP contribution in [0.3, 0.4) is 0 Å². The van der Waals surface area contributed by atoms with Crippen molar-refractivity contribution < 1.29 is 0 Å². The minimum Gasteiger partial charge on any atom is -0.350 e. The fourth-order valence-electron chi connectivity index (χ4n) is 1.53. The summed E-state index contributed by atoms with van der Waals surface area (Å²) in [5.41, 5.74) is 1.48. The van der Waals surface area contributed by atoms with Crippen molar-refractivity contribution in [3.8, 4) is 0 Å². The van der Waals surface area contributed by atoms with Crippen molar-refractivity contribution in [2.45, 2.75) is 38.1 Å². The molecule has 0 N–H and O–H groups in total. The van der Waals surface area contributed by atoms with Gasteiger partial charge in [0.25, 0.3) is 0 Å². The summed E-state index contributed by atoms with van der Waals surface area (Å²) in [5.74, 6) is 0.627. The maximum Gasteiger partial charge on any atom is 0.0337 e. The van der Waals surface area contributed by atoms with Crippen LogP contribution < -0.4 is 0 Å². The van der Waals surface area contributed by atoms with Gasteiger partial charge in [-0.1, -0.05) is 13.8 Å². The highest BCUT2D eigenvalue weighted by molar-refractivity contribution is 7.98. The molecule has 0 aromatic carbocycles. The highest BCUT2D eigenvalue weighted by Gasteiger charge is 2.10. The number of hydrogen-bond acceptors (Lipinski definition) is 1. The lowest BCUT2D eigenvalue weighted by atomic mass is 10.1. The highest BCUT2D eigenvalue weighted by atomic mass is 32.2. The average Bonchev–Trinajstić information content (AvgIpc) is 2.46. The molecule has 1 aromatic rings. The Hall–Kier alpha value is -0.370. The van der Waals surface area contributed by atoms with Gasteiger partial charge in [-0.2, -0.15) is 0 Å². The molecule has 0 radical (unpaired) electrons. The monoisotopic (exact) mass is 183 g/mol. The lowest BCUT2D eigenvalue weighted by Gasteiger charge is -2.11. The highest BCUT2D eigenvalue weighted by Crippen LogP contribution is 2.27. The molecule has 0 saturated heterocycles. The predicted octanol–water partition coefficient (Wildman–Crippen LogP) is 3.35. The van der Waals surface area contributed by atoms with E-state index >= 15 is 0 Å². The molecule has 0 aliphatic carbocycles. The van der Waals surface area contributed by atoms with Gasteiger partial charge in [-0.05, 0) is 25.2 Å². The maximum absolute atomic E-state index is 2.33. The second-order valence-electron chi connectivity index (χ2n) is 3.21. The molecular weight excluding hydrogens is 166 g/mol. The van der Waals surface area contributed by atoms with E-state index in [1.54, 1.807) is 0 Å². The van der Waals surface area contributed by atoms with E-state index in [1.807, 2.05) is 11.8 Å². The van der Waals surface area contributed by atoms with E-state index in [9.17, 15) is 0 Å². The minimum atomic E-state index is 0.627. The van der Waals surface area contributed by atoms with Crippen LogP contribution in [0.15, 0.2) is 17.2 Å². The zero-order chi connectivity index (χ0) is 9.14. The SMILES string of the molecule is CCn1ccc(SC)c1C(C)C. The van der Waals surface area contributed by atoms with E-state index in [0.29, 0.717) is 5.92 Å². The smallest absolute Gasteiger partial charge is 0.0337 e. The first-order valence-electron chi connectivity index (χ1n) is 4.43. The first kappa shape index (κ1) is 9.72. The van der Waals surface area contributed by atoms with Crippen LogP contribution in [-0.2, 0) is 6.54 Å². The van der Waals surface area contributed by atoms with Crippen molar-refractivity contribution in [2.75, 3.05) is 6.26 Å². The van der Waals surface area contributed by atoms with E-state index in [2.05, 4.69) is 43.9 Å². The molecule has 0 aliphatic heterocycles. The third kappa shape index (κ3) is 1.69. The average molecular weight is 183 g/mol. The van der Waals surface area contributed by atoms with Crippen LogP contribution in [0.4, 0.5) is 0 Å². The van der Waals surface area contributed by atoms with Crippen molar-refractivity contribution in [1.82, 2.24) is 4.57 Å². The van der Waals surface area contributed by atoms with Crippen LogP contribution in [0.25, 0.3) is 0 Å². The van der Waals surface area contributed by atoms with Crippen LogP contribution in [0.2, 0.25) is 0 Å². The molecule has 0 atom stereocenters. The molecule has 0 aliphatic rings. The minimum absolute atomic E-state index is 0.627. The van der Waals surface area contributed by atoms with E-state index in [0.717, 1.165) is 6.54 Å². The Morgan fingerprint density at radius 3 is 2.58 bits per heavy atom. The molecule has 1 heterocycles. The molecule has 1 aromatic heterocycles. The summed E-state index contributed by atoms with van der Waals surface area (Å²) in [6, 6.07) is 2.21. The van der Waals surface area contributed by atoms with Crippen LogP contribution >= 0.6 is 11.8 Å². The van der Waals surface area contributed by atoms with Crippen molar-refractivity contribution in [1.29, 1.82) is 0 Å². The fraction of sp³-hybridized carbons (Fsp3) is 0.600. The van der Waals surface area contributed by atoms with Gasteiger partial charge in [0.15, 0.2) is 0 Å².